The molecule has 0 aliphatic heterocycles. The first kappa shape index (κ1) is 23.7. The zero-order valence-corrected chi connectivity index (χ0v) is 19.1. The molecule has 160 valence electrons. The number of aliphatic hydroxyl groups excluding tert-OH is 1. The van der Waals surface area contributed by atoms with Crippen molar-refractivity contribution in [3.05, 3.63) is 34.9 Å². The molecule has 0 fully saturated rings. The van der Waals surface area contributed by atoms with Gasteiger partial charge in [-0.1, -0.05) is 55.4 Å². The predicted molar refractivity (Wildman–Crippen MR) is 118 cm³/mol. The van der Waals surface area contributed by atoms with E-state index in [1.165, 1.54) is 11.8 Å². The molecule has 1 aromatic carbocycles. The average molecular weight is 460 g/mol. The Labute approximate surface area is 181 Å². The SMILES string of the molecule is CC(C)C[C@H](CO)Nc1nc(NS(C)(=O)=O)nc(SC(C)c2ccccc2Cl)n1. The van der Waals surface area contributed by atoms with Crippen LogP contribution in [0.2, 0.25) is 5.02 Å². The number of anilines is 2. The van der Waals surface area contributed by atoms with Crippen LogP contribution >= 0.6 is 23.4 Å². The first-order valence-electron chi connectivity index (χ1n) is 9.09. The van der Waals surface area contributed by atoms with E-state index in [2.05, 4.69) is 25.0 Å². The quantitative estimate of drug-likeness (QED) is 0.461. The van der Waals surface area contributed by atoms with Gasteiger partial charge in [0.2, 0.25) is 21.9 Å². The number of thioether (sulfide) groups is 1. The highest BCUT2D eigenvalue weighted by atomic mass is 35.5. The molecule has 0 saturated carbocycles. The molecule has 1 aromatic heterocycles. The van der Waals surface area contributed by atoms with E-state index in [1.807, 2.05) is 45.0 Å². The molecule has 0 saturated heterocycles. The molecule has 29 heavy (non-hydrogen) atoms. The summed E-state index contributed by atoms with van der Waals surface area (Å²) in [5.74, 6) is 0.462. The van der Waals surface area contributed by atoms with Crippen LogP contribution in [0.4, 0.5) is 11.9 Å². The highest BCUT2D eigenvalue weighted by molar-refractivity contribution is 7.99. The molecule has 2 aromatic rings. The van der Waals surface area contributed by atoms with E-state index >= 15 is 0 Å². The zero-order chi connectivity index (χ0) is 21.6. The van der Waals surface area contributed by atoms with Gasteiger partial charge in [-0.2, -0.15) is 15.0 Å². The summed E-state index contributed by atoms with van der Waals surface area (Å²) in [6.07, 6.45) is 1.73. The van der Waals surface area contributed by atoms with E-state index in [0.717, 1.165) is 11.8 Å². The van der Waals surface area contributed by atoms with E-state index in [9.17, 15) is 13.5 Å². The van der Waals surface area contributed by atoms with E-state index in [0.29, 0.717) is 22.5 Å². The molecule has 2 atom stereocenters. The fourth-order valence-corrected chi connectivity index (χ4v) is 4.36. The minimum atomic E-state index is -3.56. The molecule has 3 N–H and O–H groups in total. The Morgan fingerprint density at radius 1 is 1.14 bits per heavy atom. The van der Waals surface area contributed by atoms with Gasteiger partial charge in [0.15, 0.2) is 5.16 Å². The number of halogens is 1. The van der Waals surface area contributed by atoms with E-state index in [4.69, 9.17) is 11.6 Å². The molecule has 0 aliphatic carbocycles. The fraction of sp³-hybridized carbons (Fsp3) is 0.500. The number of hydrogen-bond donors (Lipinski definition) is 3. The standard InChI is InChI=1S/C18H26ClN5O3S2/c1-11(2)9-13(10-25)20-16-21-17(24-29(4,26)27)23-18(22-16)28-12(3)14-7-5-6-8-15(14)19/h5-8,11-13,25H,9-10H2,1-4H3,(H2,20,21,22,23,24)/t12?,13-/m1/s1. The minimum Gasteiger partial charge on any atom is -0.394 e. The Balaban J connectivity index is 2.32. The summed E-state index contributed by atoms with van der Waals surface area (Å²) in [5.41, 5.74) is 0.916. The van der Waals surface area contributed by atoms with Crippen LogP contribution in [0, 0.1) is 5.92 Å². The summed E-state index contributed by atoms with van der Waals surface area (Å²) in [4.78, 5) is 12.7. The molecule has 1 heterocycles. The van der Waals surface area contributed by atoms with Crippen molar-refractivity contribution in [3.8, 4) is 0 Å². The molecule has 11 heteroatoms. The monoisotopic (exact) mass is 459 g/mol. The van der Waals surface area contributed by atoms with Gasteiger partial charge in [0.1, 0.15) is 0 Å². The maximum Gasteiger partial charge on any atom is 0.242 e. The normalized spacial score (nSPS) is 13.9. The topological polar surface area (TPSA) is 117 Å². The van der Waals surface area contributed by atoms with Crippen molar-refractivity contribution in [2.24, 2.45) is 5.92 Å². The van der Waals surface area contributed by atoms with Crippen molar-refractivity contribution in [1.29, 1.82) is 0 Å². The largest absolute Gasteiger partial charge is 0.394 e. The summed E-state index contributed by atoms with van der Waals surface area (Å²) >= 11 is 7.60. The Morgan fingerprint density at radius 2 is 1.79 bits per heavy atom. The third kappa shape index (κ3) is 7.96. The maximum absolute atomic E-state index is 11.6. The van der Waals surface area contributed by atoms with Gasteiger partial charge in [-0.3, -0.25) is 4.72 Å². The molecule has 1 unspecified atom stereocenters. The van der Waals surface area contributed by atoms with Gasteiger partial charge in [0.05, 0.1) is 18.9 Å². The van der Waals surface area contributed by atoms with Gasteiger partial charge < -0.3 is 10.4 Å². The van der Waals surface area contributed by atoms with Crippen LogP contribution in [0.15, 0.2) is 29.4 Å². The fourth-order valence-electron chi connectivity index (χ4n) is 2.64. The van der Waals surface area contributed by atoms with Crippen LogP contribution in [-0.4, -0.2) is 47.4 Å². The number of rotatable bonds is 10. The highest BCUT2D eigenvalue weighted by Gasteiger charge is 2.18. The van der Waals surface area contributed by atoms with Crippen LogP contribution in [0.1, 0.15) is 38.0 Å². The molecule has 0 amide bonds. The van der Waals surface area contributed by atoms with Crippen LogP contribution in [0.3, 0.4) is 0 Å². The third-order valence-electron chi connectivity index (χ3n) is 3.83. The van der Waals surface area contributed by atoms with Gasteiger partial charge in [0, 0.05) is 10.3 Å². The second-order valence-electron chi connectivity index (χ2n) is 7.07. The summed E-state index contributed by atoms with van der Waals surface area (Å²) in [6, 6.07) is 7.21. The minimum absolute atomic E-state index is 0.0747. The van der Waals surface area contributed by atoms with Gasteiger partial charge >= 0.3 is 0 Å². The predicted octanol–water partition coefficient (Wildman–Crippen LogP) is 3.57. The summed E-state index contributed by atoms with van der Waals surface area (Å²) in [6.45, 7) is 5.95. The number of aliphatic hydroxyl groups is 1. The van der Waals surface area contributed by atoms with Gasteiger partial charge in [-0.15, -0.1) is 0 Å². The Kier molecular flexibility index (Phi) is 8.50. The van der Waals surface area contributed by atoms with Crippen LogP contribution in [-0.2, 0) is 10.0 Å². The van der Waals surface area contributed by atoms with Crippen molar-refractivity contribution in [1.82, 2.24) is 15.0 Å². The highest BCUT2D eigenvalue weighted by Crippen LogP contribution is 2.36. The molecule has 8 nitrogen and oxygen atoms in total. The summed E-state index contributed by atoms with van der Waals surface area (Å²) in [5, 5.41) is 13.6. The van der Waals surface area contributed by atoms with Crippen molar-refractivity contribution in [2.45, 2.75) is 43.6 Å². The first-order valence-corrected chi connectivity index (χ1v) is 12.2. The molecule has 0 aliphatic rings. The maximum atomic E-state index is 11.6. The lowest BCUT2D eigenvalue weighted by Gasteiger charge is -2.19. The number of benzene rings is 1. The van der Waals surface area contributed by atoms with Crippen molar-refractivity contribution in [3.63, 3.8) is 0 Å². The second-order valence-corrected chi connectivity index (χ2v) is 10.5. The lowest BCUT2D eigenvalue weighted by molar-refractivity contribution is 0.259. The van der Waals surface area contributed by atoms with Crippen molar-refractivity contribution < 1.29 is 13.5 Å². The molecule has 0 bridgehead atoms. The lowest BCUT2D eigenvalue weighted by atomic mass is 10.0. The van der Waals surface area contributed by atoms with E-state index < -0.39 is 10.0 Å². The van der Waals surface area contributed by atoms with Crippen LogP contribution < -0.4 is 10.0 Å². The van der Waals surface area contributed by atoms with E-state index in [-0.39, 0.29) is 29.8 Å². The molecular formula is C18H26ClN5O3S2. The van der Waals surface area contributed by atoms with Crippen molar-refractivity contribution in [2.75, 3.05) is 22.9 Å². The number of sulfonamides is 1. The van der Waals surface area contributed by atoms with Gasteiger partial charge in [-0.05, 0) is 30.9 Å². The van der Waals surface area contributed by atoms with Gasteiger partial charge in [0.25, 0.3) is 0 Å². The molecule has 0 radical (unpaired) electrons. The van der Waals surface area contributed by atoms with Crippen LogP contribution in [0.25, 0.3) is 0 Å². The third-order valence-corrected chi connectivity index (χ3v) is 5.72. The second kappa shape index (κ2) is 10.4. The molecule has 0 spiro atoms. The zero-order valence-electron chi connectivity index (χ0n) is 16.8. The Morgan fingerprint density at radius 3 is 2.38 bits per heavy atom. The number of aromatic nitrogens is 3. The summed E-state index contributed by atoms with van der Waals surface area (Å²) < 4.78 is 25.6. The molecular weight excluding hydrogens is 434 g/mol. The van der Waals surface area contributed by atoms with Gasteiger partial charge in [-0.25, -0.2) is 8.42 Å². The van der Waals surface area contributed by atoms with E-state index in [1.54, 1.807) is 0 Å². The number of hydrogen-bond acceptors (Lipinski definition) is 8. The molecule has 2 rings (SSSR count). The average Bonchev–Trinajstić information content (AvgIpc) is 2.59. The lowest BCUT2D eigenvalue weighted by Crippen LogP contribution is -2.27. The first-order chi connectivity index (χ1) is 13.6. The Bertz CT molecular complexity index is 927. The van der Waals surface area contributed by atoms with Crippen LogP contribution in [0.5, 0.6) is 0 Å². The Hall–Kier alpha value is -1.62. The summed E-state index contributed by atoms with van der Waals surface area (Å²) in [7, 11) is -3.56. The number of nitrogens with zero attached hydrogens (tertiary/aromatic N) is 3. The van der Waals surface area contributed by atoms with Crippen molar-refractivity contribution >= 4 is 45.3 Å². The smallest absolute Gasteiger partial charge is 0.242 e. The number of nitrogens with one attached hydrogen (secondary N) is 2.